The maximum atomic E-state index is 12.1. The Morgan fingerprint density at radius 2 is 0.728 bits per heavy atom. The molecule has 6 rings (SSSR count). The molecular weight excluding hydrogens is 1330 g/mol. The first-order valence-corrected chi connectivity index (χ1v) is 36.7. The smallest absolute Gasteiger partial charge is 0.312 e. The third-order valence-corrected chi connectivity index (χ3v) is 21.0. The average molecular weight is 1480 g/mol. The summed E-state index contributed by atoms with van der Waals surface area (Å²) in [7, 11) is 11.8. The Bertz CT molecular complexity index is 2290. The topological polar surface area (TPSA) is 303 Å². The molecule has 6 aliphatic rings. The molecule has 2 N–H and O–H groups in total. The van der Waals surface area contributed by atoms with Gasteiger partial charge in [-0.2, -0.15) is 0 Å². The number of hydrogen-bond acceptors (Lipinski definition) is 22. The number of methoxy groups -OCH3 is 9. The van der Waals surface area contributed by atoms with Crippen molar-refractivity contribution in [3.63, 3.8) is 0 Å². The summed E-state index contributed by atoms with van der Waals surface area (Å²) >= 11 is 0. The van der Waals surface area contributed by atoms with Crippen molar-refractivity contribution in [2.75, 3.05) is 77.7 Å². The van der Waals surface area contributed by atoms with E-state index in [2.05, 4.69) is 62.7 Å². The lowest BCUT2D eigenvalue weighted by molar-refractivity contribution is -0.157. The molecule has 0 aliphatic heterocycles. The van der Waals surface area contributed by atoms with Crippen LogP contribution in [0.15, 0.2) is 24.8 Å². The first-order chi connectivity index (χ1) is 48.4. The fraction of sp³-hybridized carbons (Fsp3) is 0.825. The number of allylic oxidation sites excluding steroid dienone is 2. The first kappa shape index (κ1) is 101. The van der Waals surface area contributed by atoms with E-state index in [1.807, 2.05) is 12.2 Å². The van der Waals surface area contributed by atoms with Crippen LogP contribution in [0.4, 0.5) is 4.39 Å². The van der Waals surface area contributed by atoms with Crippen molar-refractivity contribution in [3.8, 4) is 0 Å². The van der Waals surface area contributed by atoms with Crippen LogP contribution in [0.3, 0.4) is 0 Å². The number of esters is 10. The summed E-state index contributed by atoms with van der Waals surface area (Å²) in [5, 5.41) is 18.7. The molecule has 0 aromatic rings. The molecular formula is C80H143FO22. The van der Waals surface area contributed by atoms with Crippen molar-refractivity contribution in [1.29, 1.82) is 0 Å². The van der Waals surface area contributed by atoms with E-state index in [1.165, 1.54) is 83.8 Å². The summed E-state index contributed by atoms with van der Waals surface area (Å²) < 4.78 is 62.7. The van der Waals surface area contributed by atoms with Crippen LogP contribution in [0.1, 0.15) is 282 Å². The number of rotatable bonds is 23. The Morgan fingerprint density at radius 3 is 1.03 bits per heavy atom. The highest BCUT2D eigenvalue weighted by Gasteiger charge is 2.45. The quantitative estimate of drug-likeness (QED) is 0.0415. The molecule has 0 atom stereocenters. The predicted molar refractivity (Wildman–Crippen MR) is 397 cm³/mol. The molecule has 0 bridgehead atoms. The molecule has 0 saturated heterocycles. The van der Waals surface area contributed by atoms with Crippen molar-refractivity contribution in [1.82, 2.24) is 0 Å². The highest BCUT2D eigenvalue weighted by Crippen LogP contribution is 2.46. The number of halogens is 1. The molecule has 602 valence electrons. The Labute approximate surface area is 621 Å². The zero-order chi connectivity index (χ0) is 77.7. The average Bonchev–Trinajstić information content (AvgIpc) is 0.858. The molecule has 6 aliphatic carbocycles. The van der Waals surface area contributed by atoms with E-state index in [-0.39, 0.29) is 116 Å². The fourth-order valence-electron chi connectivity index (χ4n) is 13.9. The van der Waals surface area contributed by atoms with Gasteiger partial charge >= 0.3 is 59.7 Å². The van der Waals surface area contributed by atoms with Gasteiger partial charge in [-0.3, -0.25) is 52.3 Å². The van der Waals surface area contributed by atoms with Gasteiger partial charge in [0.25, 0.3) is 0 Å². The SMILES string of the molecule is C.C.C=CCC1(C(=O)OC)CCC(C)CC1.CCOC(C)=O.COC(=O)C/C=C/CC1(C(=O)OC)CCC(C)CC1.COC(=O)C1CCC(C)CC1.COC(=O)C1CCC(O)CC1.COC(=O)CCCCC1(C(=O)OC)CCC(C)CC1.COC(=O)CCCCC1(C(=O)OC)CCC(O)CC1.[2H]CF. The molecule has 0 unspecified atom stereocenters. The van der Waals surface area contributed by atoms with Gasteiger partial charge in [-0.1, -0.05) is 73.6 Å². The van der Waals surface area contributed by atoms with E-state index in [0.29, 0.717) is 76.2 Å². The van der Waals surface area contributed by atoms with E-state index in [9.17, 15) is 57.4 Å². The lowest BCUT2D eigenvalue weighted by atomic mass is 9.68. The zero-order valence-electron chi connectivity index (χ0n) is 65.7. The van der Waals surface area contributed by atoms with E-state index in [4.69, 9.17) is 25.4 Å². The van der Waals surface area contributed by atoms with Crippen LogP contribution in [0, 0.1) is 57.2 Å². The van der Waals surface area contributed by atoms with Gasteiger partial charge in [0.1, 0.15) is 0 Å². The maximum absolute atomic E-state index is 12.1. The van der Waals surface area contributed by atoms with Gasteiger partial charge in [-0.05, 0) is 223 Å². The summed E-state index contributed by atoms with van der Waals surface area (Å²) in [4.78, 5) is 113. The lowest BCUT2D eigenvalue weighted by Gasteiger charge is -2.37. The largest absolute Gasteiger partial charge is 0.469 e. The molecule has 0 heterocycles. The van der Waals surface area contributed by atoms with Crippen LogP contribution in [-0.4, -0.2) is 160 Å². The number of hydrogen-bond donors (Lipinski definition) is 2. The second-order valence-corrected chi connectivity index (χ2v) is 28.3. The molecule has 22 nitrogen and oxygen atoms in total. The normalized spacial score (nSPS) is 26.6. The third kappa shape index (κ3) is 41.5. The Hall–Kier alpha value is -5.97. The molecule has 0 spiro atoms. The highest BCUT2D eigenvalue weighted by atomic mass is 19.1. The fourth-order valence-corrected chi connectivity index (χ4v) is 13.9. The van der Waals surface area contributed by atoms with Gasteiger partial charge in [0, 0.05) is 19.8 Å². The van der Waals surface area contributed by atoms with Crippen LogP contribution in [0.25, 0.3) is 0 Å². The summed E-state index contributed by atoms with van der Waals surface area (Å²) in [6, 6.07) is 0. The molecule has 0 aromatic carbocycles. The van der Waals surface area contributed by atoms with Gasteiger partial charge in [-0.25, -0.2) is 0 Å². The Morgan fingerprint density at radius 1 is 0.427 bits per heavy atom. The molecule has 0 amide bonds. The Balaban J connectivity index is -0.000000567. The molecule has 6 fully saturated rings. The van der Waals surface area contributed by atoms with Crippen molar-refractivity contribution in [2.24, 2.45) is 57.2 Å². The predicted octanol–water partition coefficient (Wildman–Crippen LogP) is 15.8. The summed E-state index contributed by atoms with van der Waals surface area (Å²) in [5.41, 5.74) is -1.43. The molecule has 0 aromatic heterocycles. The van der Waals surface area contributed by atoms with Crippen LogP contribution in [0.2, 0.25) is 0 Å². The van der Waals surface area contributed by atoms with Crippen LogP contribution in [0.5, 0.6) is 0 Å². The zero-order valence-corrected chi connectivity index (χ0v) is 64.7. The van der Waals surface area contributed by atoms with Gasteiger partial charge in [-0.15, -0.1) is 6.58 Å². The Kier molecular flexibility index (Phi) is 58.2. The van der Waals surface area contributed by atoms with E-state index < -0.39 is 18.0 Å². The van der Waals surface area contributed by atoms with Crippen molar-refractivity contribution < 1.29 is 111 Å². The summed E-state index contributed by atoms with van der Waals surface area (Å²) in [6.07, 6.45) is 34.2. The third-order valence-electron chi connectivity index (χ3n) is 21.0. The molecule has 103 heavy (non-hydrogen) atoms. The molecule has 6 saturated carbocycles. The van der Waals surface area contributed by atoms with Crippen molar-refractivity contribution >= 4 is 59.7 Å². The minimum atomic E-state index is -1.00. The maximum Gasteiger partial charge on any atom is 0.312 e. The van der Waals surface area contributed by atoms with Gasteiger partial charge in [0.05, 0.1) is 131 Å². The lowest BCUT2D eigenvalue weighted by Crippen LogP contribution is -2.37. The second kappa shape index (κ2) is 59.2. The summed E-state index contributed by atoms with van der Waals surface area (Å²) in [5.74, 6) is 1.71. The number of unbranched alkanes of at least 4 members (excludes halogenated alkanes) is 2. The van der Waals surface area contributed by atoms with E-state index in [0.717, 1.165) is 160 Å². The minimum absolute atomic E-state index is 0. The van der Waals surface area contributed by atoms with Crippen LogP contribution < -0.4 is 0 Å². The van der Waals surface area contributed by atoms with E-state index in [1.54, 1.807) is 13.0 Å². The highest BCUT2D eigenvalue weighted by molar-refractivity contribution is 5.79. The van der Waals surface area contributed by atoms with E-state index >= 15 is 0 Å². The molecule has 0 radical (unpaired) electrons. The van der Waals surface area contributed by atoms with Crippen molar-refractivity contribution in [2.45, 2.75) is 293 Å². The number of aliphatic hydroxyl groups is 2. The van der Waals surface area contributed by atoms with Crippen LogP contribution in [-0.2, 0) is 95.3 Å². The standard InChI is InChI=1S/C15H26O4.C15H24O4.C14H24O5.C12H20O2.C9H16O2.C8H14O3.C4H8O2.CH3F.2CH4/c2*1-12-7-10-15(11-8-12,14(17)19-3)9-5-4-6-13(16)18-2;1-18-12(16)5-3-4-8-14(13(17)19-2)9-6-11(15)7-10-14;1-4-7-12(11(13)14-3)8-5-10(2)6-9-12;1-7-3-5-8(6-4-7)9(10)11-2;1-11-8(10)6-2-4-7(9)5-3-6;1-3-6-4(2)5;1-2;;/h12H,4-11H2,1-3H3;4-5,12H,6-11H2,1-3H3;11,15H,3-10H2,1-2H3;4,10H,1,5-9H2,2-3H3;7-8H,3-6H2,1-2H3;6-7,9H,2-5H2,1H3;3H2,1-2H3;1H3;2*1H4/b;5-4+;;;;;;;;/i;;;;;;;1D;;. The van der Waals surface area contributed by atoms with Gasteiger partial charge in [0.2, 0.25) is 0 Å². The minimum Gasteiger partial charge on any atom is -0.469 e. The summed E-state index contributed by atoms with van der Waals surface area (Å²) in [6.45, 7) is 16.3. The second-order valence-electron chi connectivity index (χ2n) is 28.3. The molecule has 23 heteroatoms. The monoisotopic (exact) mass is 1480 g/mol. The number of carbonyl (C=O) groups excluding carboxylic acids is 10. The number of carbonyl (C=O) groups is 10. The van der Waals surface area contributed by atoms with Crippen LogP contribution >= 0.6 is 0 Å². The number of ether oxygens (including phenoxy) is 10. The van der Waals surface area contributed by atoms with Crippen molar-refractivity contribution in [3.05, 3.63) is 24.8 Å². The number of alkyl halides is 1. The van der Waals surface area contributed by atoms with Gasteiger partial charge in [0.15, 0.2) is 0 Å². The van der Waals surface area contributed by atoms with Gasteiger partial charge < -0.3 is 57.6 Å². The first-order valence-electron chi connectivity index (χ1n) is 37.4. The number of aliphatic hydroxyl groups excluding tert-OH is 2.